The molecule has 1 N–H and O–H groups in total. The summed E-state index contributed by atoms with van der Waals surface area (Å²) in [4.78, 5) is 11.0. The molecule has 0 aliphatic rings. The summed E-state index contributed by atoms with van der Waals surface area (Å²) >= 11 is 0. The van der Waals surface area contributed by atoms with Crippen molar-refractivity contribution in [1.29, 1.82) is 0 Å². The number of carbonyl (C=O) groups is 1. The van der Waals surface area contributed by atoms with Crippen molar-refractivity contribution < 1.29 is 14.6 Å². The number of rotatable bonds is 5. The Morgan fingerprint density at radius 3 is 2.54 bits per heavy atom. The fourth-order valence-corrected chi connectivity index (χ4v) is 1.08. The Balaban J connectivity index is 4.43. The van der Waals surface area contributed by atoms with E-state index in [9.17, 15) is 9.90 Å². The van der Waals surface area contributed by atoms with Crippen molar-refractivity contribution in [3.8, 4) is 0 Å². The van der Waals surface area contributed by atoms with Gasteiger partial charge in [0.2, 0.25) is 0 Å². The summed E-state index contributed by atoms with van der Waals surface area (Å²) in [5.41, 5.74) is -0.792. The van der Waals surface area contributed by atoms with Crippen molar-refractivity contribution in [3.05, 3.63) is 12.7 Å². The molecule has 0 aliphatic carbocycles. The Labute approximate surface area is 79.4 Å². The van der Waals surface area contributed by atoms with Gasteiger partial charge in [-0.15, -0.1) is 0 Å². The third-order valence-electron chi connectivity index (χ3n) is 2.29. The van der Waals surface area contributed by atoms with Crippen LogP contribution in [0.4, 0.5) is 0 Å². The molecule has 0 fully saturated rings. The lowest BCUT2D eigenvalue weighted by Gasteiger charge is -2.32. The molecule has 0 aromatic carbocycles. The molecule has 0 spiro atoms. The van der Waals surface area contributed by atoms with Crippen molar-refractivity contribution in [2.24, 2.45) is 0 Å². The third-order valence-corrected chi connectivity index (χ3v) is 2.29. The number of aliphatic hydroxyl groups excluding tert-OH is 1. The Bertz CT molecular complexity index is 189. The maximum atomic E-state index is 11.0. The van der Waals surface area contributed by atoms with E-state index >= 15 is 0 Å². The van der Waals surface area contributed by atoms with Crippen LogP contribution in [0.3, 0.4) is 0 Å². The smallest absolute Gasteiger partial charge is 0.330 e. The second kappa shape index (κ2) is 5.02. The van der Waals surface area contributed by atoms with Gasteiger partial charge in [-0.3, -0.25) is 0 Å². The van der Waals surface area contributed by atoms with E-state index < -0.39 is 17.7 Å². The van der Waals surface area contributed by atoms with Crippen LogP contribution < -0.4 is 0 Å². The van der Waals surface area contributed by atoms with Crippen LogP contribution >= 0.6 is 0 Å². The molecular formula is C10H18O3. The largest absolute Gasteiger partial charge is 0.453 e. The molecular weight excluding hydrogens is 168 g/mol. The van der Waals surface area contributed by atoms with Crippen LogP contribution in [0.5, 0.6) is 0 Å². The highest BCUT2D eigenvalue weighted by molar-refractivity contribution is 5.81. The summed E-state index contributed by atoms with van der Waals surface area (Å²) in [5.74, 6) is -0.489. The normalized spacial score (nSPS) is 17.2. The molecule has 0 rings (SSSR count). The molecule has 0 heterocycles. The lowest BCUT2D eigenvalue weighted by atomic mass is 9.94. The maximum absolute atomic E-state index is 11.0. The maximum Gasteiger partial charge on any atom is 0.330 e. The zero-order valence-electron chi connectivity index (χ0n) is 8.54. The van der Waals surface area contributed by atoms with Crippen LogP contribution in [0, 0.1) is 0 Å². The molecule has 0 radical (unpaired) electrons. The third kappa shape index (κ3) is 3.19. The van der Waals surface area contributed by atoms with Gasteiger partial charge < -0.3 is 9.84 Å². The molecule has 3 heteroatoms. The Morgan fingerprint density at radius 2 is 2.23 bits per heavy atom. The minimum Gasteiger partial charge on any atom is -0.453 e. The number of hydrogen-bond acceptors (Lipinski definition) is 3. The highest BCUT2D eigenvalue weighted by Gasteiger charge is 2.33. The predicted molar refractivity (Wildman–Crippen MR) is 51.3 cm³/mol. The first-order valence-electron chi connectivity index (χ1n) is 4.53. The highest BCUT2D eigenvalue weighted by Crippen LogP contribution is 2.22. The van der Waals surface area contributed by atoms with Crippen LogP contribution in [-0.4, -0.2) is 22.8 Å². The first-order chi connectivity index (χ1) is 6.00. The molecule has 0 saturated heterocycles. The van der Waals surface area contributed by atoms with Crippen molar-refractivity contribution in [3.63, 3.8) is 0 Å². The molecule has 0 aromatic rings. The highest BCUT2D eigenvalue weighted by atomic mass is 16.6. The summed E-state index contributed by atoms with van der Waals surface area (Å²) in [6.07, 6.45) is 1.63. The molecule has 13 heavy (non-hydrogen) atoms. The van der Waals surface area contributed by atoms with Gasteiger partial charge in [0.1, 0.15) is 5.60 Å². The molecule has 0 aliphatic heterocycles. The second-order valence-electron chi connectivity index (χ2n) is 3.22. The van der Waals surface area contributed by atoms with E-state index in [1.54, 1.807) is 6.92 Å². The second-order valence-corrected chi connectivity index (χ2v) is 3.22. The monoisotopic (exact) mass is 186 g/mol. The summed E-state index contributed by atoms with van der Waals surface area (Å²) in [6, 6.07) is 0. The van der Waals surface area contributed by atoms with E-state index in [0.29, 0.717) is 12.8 Å². The van der Waals surface area contributed by atoms with Crippen molar-refractivity contribution >= 4 is 5.97 Å². The molecule has 0 bridgehead atoms. The Kier molecular flexibility index (Phi) is 4.70. The van der Waals surface area contributed by atoms with Crippen LogP contribution in [0.15, 0.2) is 12.7 Å². The zero-order chi connectivity index (χ0) is 10.5. The average Bonchev–Trinajstić information content (AvgIpc) is 2.15. The Hall–Kier alpha value is -0.830. The first kappa shape index (κ1) is 12.2. The fraction of sp³-hybridized carbons (Fsp3) is 0.700. The van der Waals surface area contributed by atoms with Gasteiger partial charge in [0.15, 0.2) is 0 Å². The van der Waals surface area contributed by atoms with E-state index in [1.165, 1.54) is 0 Å². The number of esters is 1. The number of aliphatic hydroxyl groups is 1. The molecule has 0 saturated carbocycles. The van der Waals surface area contributed by atoms with E-state index in [2.05, 4.69) is 6.58 Å². The number of carbonyl (C=O) groups excluding carboxylic acids is 1. The number of hydrogen-bond donors (Lipinski definition) is 1. The summed E-state index contributed by atoms with van der Waals surface area (Å²) in [6.45, 7) is 8.75. The average molecular weight is 186 g/mol. The summed E-state index contributed by atoms with van der Waals surface area (Å²) in [7, 11) is 0. The molecule has 0 amide bonds. The van der Waals surface area contributed by atoms with Gasteiger partial charge >= 0.3 is 5.97 Å². The zero-order valence-corrected chi connectivity index (χ0v) is 8.54. The minimum absolute atomic E-state index is 0.489. The topological polar surface area (TPSA) is 46.5 Å². The van der Waals surface area contributed by atoms with Crippen molar-refractivity contribution in [1.82, 2.24) is 0 Å². The van der Waals surface area contributed by atoms with Crippen LogP contribution in [-0.2, 0) is 9.53 Å². The van der Waals surface area contributed by atoms with Gasteiger partial charge in [-0.1, -0.05) is 20.4 Å². The van der Waals surface area contributed by atoms with Gasteiger partial charge in [-0.05, 0) is 19.8 Å². The van der Waals surface area contributed by atoms with Gasteiger partial charge in [0.05, 0.1) is 6.10 Å². The SMILES string of the molecule is C=CC(=O)OC(C)(CC)C(O)CC. The van der Waals surface area contributed by atoms with Crippen LogP contribution in [0.1, 0.15) is 33.6 Å². The van der Waals surface area contributed by atoms with E-state index in [0.717, 1.165) is 6.08 Å². The van der Waals surface area contributed by atoms with E-state index in [4.69, 9.17) is 4.74 Å². The quantitative estimate of drug-likeness (QED) is 0.524. The standard InChI is InChI=1S/C10H18O3/c1-5-8(11)10(4,7-3)13-9(12)6-2/h6,8,11H,2,5,7H2,1,3-4H3. The van der Waals surface area contributed by atoms with Crippen LogP contribution in [0.2, 0.25) is 0 Å². The number of ether oxygens (including phenoxy) is 1. The van der Waals surface area contributed by atoms with Crippen LogP contribution in [0.25, 0.3) is 0 Å². The summed E-state index contributed by atoms with van der Waals surface area (Å²) < 4.78 is 5.08. The Morgan fingerprint density at radius 1 is 1.69 bits per heavy atom. The van der Waals surface area contributed by atoms with E-state index in [1.807, 2.05) is 13.8 Å². The molecule has 3 nitrogen and oxygen atoms in total. The predicted octanol–water partition coefficient (Wildman–Crippen LogP) is 1.66. The van der Waals surface area contributed by atoms with Crippen molar-refractivity contribution in [2.75, 3.05) is 0 Å². The molecule has 2 atom stereocenters. The minimum atomic E-state index is -0.792. The van der Waals surface area contributed by atoms with Gasteiger partial charge in [0, 0.05) is 6.08 Å². The van der Waals surface area contributed by atoms with Gasteiger partial charge in [-0.2, -0.15) is 0 Å². The van der Waals surface area contributed by atoms with E-state index in [-0.39, 0.29) is 0 Å². The fourth-order valence-electron chi connectivity index (χ4n) is 1.08. The van der Waals surface area contributed by atoms with Crippen molar-refractivity contribution in [2.45, 2.75) is 45.3 Å². The lowest BCUT2D eigenvalue weighted by molar-refractivity contribution is -0.165. The van der Waals surface area contributed by atoms with Gasteiger partial charge in [0.25, 0.3) is 0 Å². The molecule has 76 valence electrons. The molecule has 0 aromatic heterocycles. The lowest BCUT2D eigenvalue weighted by Crippen LogP contribution is -2.42. The van der Waals surface area contributed by atoms with Gasteiger partial charge in [-0.25, -0.2) is 4.79 Å². The molecule has 2 unspecified atom stereocenters. The first-order valence-corrected chi connectivity index (χ1v) is 4.53. The summed E-state index contributed by atoms with van der Waals surface area (Å²) in [5, 5.41) is 9.61.